The molecule has 116 valence electrons. The number of sulfonamides is 1. The van der Waals surface area contributed by atoms with Crippen molar-refractivity contribution < 1.29 is 23.1 Å². The van der Waals surface area contributed by atoms with E-state index in [0.29, 0.717) is 0 Å². The molecule has 0 fully saturated rings. The van der Waals surface area contributed by atoms with E-state index in [2.05, 4.69) is 0 Å². The van der Waals surface area contributed by atoms with Gasteiger partial charge in [0.2, 0.25) is 15.9 Å². The van der Waals surface area contributed by atoms with Crippen molar-refractivity contribution in [1.29, 1.82) is 0 Å². The number of carbonyl (C=O) groups is 2. The molecule has 0 heterocycles. The van der Waals surface area contributed by atoms with Crippen LogP contribution in [0.25, 0.3) is 0 Å². The lowest BCUT2D eigenvalue weighted by Crippen LogP contribution is -2.52. The molecule has 1 aromatic carbocycles. The Bertz CT molecular complexity index is 716. The van der Waals surface area contributed by atoms with Gasteiger partial charge in [-0.15, -0.1) is 0 Å². The van der Waals surface area contributed by atoms with E-state index >= 15 is 0 Å². The molecule has 21 heavy (non-hydrogen) atoms. The van der Waals surface area contributed by atoms with Crippen LogP contribution in [0.15, 0.2) is 17.0 Å². The molecular weight excluding hydrogens is 343 g/mol. The second-order valence-corrected chi connectivity index (χ2v) is 7.13. The number of carboxylic acid groups (broad SMARTS) is 1. The normalized spacial score (nSPS) is 12.2. The van der Waals surface area contributed by atoms with E-state index in [-0.39, 0.29) is 5.02 Å². The zero-order valence-corrected chi connectivity index (χ0v) is 13.3. The highest BCUT2D eigenvalue weighted by atomic mass is 35.5. The van der Waals surface area contributed by atoms with Gasteiger partial charge in [-0.25, -0.2) is 13.2 Å². The number of primary amides is 1. The number of carbonyl (C=O) groups excluding carboxylic acids is 1. The van der Waals surface area contributed by atoms with Gasteiger partial charge in [0.05, 0.1) is 10.6 Å². The van der Waals surface area contributed by atoms with Gasteiger partial charge in [0.15, 0.2) is 0 Å². The Hall–Kier alpha value is -1.35. The second kappa shape index (κ2) is 5.80. The van der Waals surface area contributed by atoms with Crippen molar-refractivity contribution in [3.05, 3.63) is 27.7 Å². The fourth-order valence-corrected chi connectivity index (χ4v) is 3.64. The highest BCUT2D eigenvalue weighted by Crippen LogP contribution is 2.30. The van der Waals surface area contributed by atoms with Crippen LogP contribution < -0.4 is 10.5 Å². The number of amides is 1. The molecule has 1 rings (SSSR count). The summed E-state index contributed by atoms with van der Waals surface area (Å²) in [7, 11) is -4.30. The van der Waals surface area contributed by atoms with Crippen molar-refractivity contribution >= 4 is 45.1 Å². The third-order valence-corrected chi connectivity index (χ3v) is 4.95. The molecule has 0 atom stereocenters. The average Bonchev–Trinajstić information content (AvgIpc) is 2.29. The van der Waals surface area contributed by atoms with Crippen LogP contribution in [0.5, 0.6) is 0 Å². The third kappa shape index (κ3) is 3.85. The molecule has 0 saturated heterocycles. The van der Waals surface area contributed by atoms with E-state index < -0.39 is 42.9 Å². The number of benzene rings is 1. The first kappa shape index (κ1) is 17.7. The van der Waals surface area contributed by atoms with E-state index in [1.807, 2.05) is 4.72 Å². The maximum atomic E-state index is 12.2. The minimum absolute atomic E-state index is 0.131. The molecule has 0 aromatic heterocycles. The van der Waals surface area contributed by atoms with Gasteiger partial charge in [-0.3, -0.25) is 4.79 Å². The average molecular weight is 355 g/mol. The number of rotatable bonds is 5. The van der Waals surface area contributed by atoms with Gasteiger partial charge in [0.1, 0.15) is 10.4 Å². The Morgan fingerprint density at radius 1 is 1.29 bits per heavy atom. The van der Waals surface area contributed by atoms with Crippen LogP contribution >= 0.6 is 23.2 Å². The maximum Gasteiger partial charge on any atom is 0.337 e. The molecule has 0 aliphatic rings. The quantitative estimate of drug-likeness (QED) is 0.732. The van der Waals surface area contributed by atoms with E-state index in [1.54, 1.807) is 0 Å². The Morgan fingerprint density at radius 2 is 1.81 bits per heavy atom. The van der Waals surface area contributed by atoms with E-state index in [0.717, 1.165) is 12.1 Å². The lowest BCUT2D eigenvalue weighted by Gasteiger charge is -2.22. The molecule has 0 aliphatic heterocycles. The topological polar surface area (TPSA) is 127 Å². The highest BCUT2D eigenvalue weighted by molar-refractivity contribution is 7.89. The molecule has 0 aliphatic carbocycles. The van der Waals surface area contributed by atoms with Crippen LogP contribution in [0.4, 0.5) is 0 Å². The van der Waals surface area contributed by atoms with E-state index in [1.165, 1.54) is 13.8 Å². The highest BCUT2D eigenvalue weighted by Gasteiger charge is 2.33. The molecule has 4 N–H and O–H groups in total. The van der Waals surface area contributed by atoms with Crippen LogP contribution in [0.2, 0.25) is 10.0 Å². The van der Waals surface area contributed by atoms with Crippen LogP contribution in [-0.2, 0) is 14.8 Å². The molecule has 10 heteroatoms. The molecule has 1 aromatic rings. The summed E-state index contributed by atoms with van der Waals surface area (Å²) in [6.45, 7) is 2.51. The lowest BCUT2D eigenvalue weighted by atomic mass is 10.1. The van der Waals surface area contributed by atoms with Gasteiger partial charge in [-0.1, -0.05) is 23.2 Å². The predicted octanol–water partition coefficient (Wildman–Crippen LogP) is 1.23. The molecule has 0 bridgehead atoms. The largest absolute Gasteiger partial charge is 0.478 e. The summed E-state index contributed by atoms with van der Waals surface area (Å²) < 4.78 is 26.5. The maximum absolute atomic E-state index is 12.2. The molecule has 1 amide bonds. The van der Waals surface area contributed by atoms with Crippen molar-refractivity contribution in [2.45, 2.75) is 24.3 Å². The molecule has 0 unspecified atom stereocenters. The number of nitrogens with one attached hydrogen (secondary N) is 1. The van der Waals surface area contributed by atoms with E-state index in [4.69, 9.17) is 34.0 Å². The predicted molar refractivity (Wildman–Crippen MR) is 77.0 cm³/mol. The van der Waals surface area contributed by atoms with Crippen LogP contribution in [0, 0.1) is 0 Å². The van der Waals surface area contributed by atoms with Gasteiger partial charge in [0, 0.05) is 5.02 Å². The van der Waals surface area contributed by atoms with Gasteiger partial charge >= 0.3 is 5.97 Å². The zero-order valence-electron chi connectivity index (χ0n) is 11.0. The standard InChI is InChI=1S/C11H12Cl2N2O5S/c1-11(2,10(14)18)15-21(19,20)7-4-5(12)3-6(8(7)13)9(16)17/h3-4,15H,1-2H3,(H2,14,18)(H,16,17). The van der Waals surface area contributed by atoms with Crippen molar-refractivity contribution in [1.82, 2.24) is 4.72 Å². The smallest absolute Gasteiger partial charge is 0.337 e. The number of aromatic carboxylic acids is 1. The fourth-order valence-electron chi connectivity index (χ4n) is 1.36. The van der Waals surface area contributed by atoms with Gasteiger partial charge in [-0.2, -0.15) is 4.72 Å². The first-order valence-corrected chi connectivity index (χ1v) is 7.68. The molecule has 0 radical (unpaired) electrons. The first-order chi connectivity index (χ1) is 9.38. The third-order valence-electron chi connectivity index (χ3n) is 2.53. The number of hydrogen-bond acceptors (Lipinski definition) is 4. The number of hydrogen-bond donors (Lipinski definition) is 3. The summed E-state index contributed by atoms with van der Waals surface area (Å²) in [6, 6.07) is 2.00. The van der Waals surface area contributed by atoms with E-state index in [9.17, 15) is 18.0 Å². The molecule has 0 spiro atoms. The van der Waals surface area contributed by atoms with Crippen molar-refractivity contribution in [2.75, 3.05) is 0 Å². The second-order valence-electron chi connectivity index (χ2n) is 4.67. The number of halogens is 2. The van der Waals surface area contributed by atoms with Gasteiger partial charge in [-0.05, 0) is 26.0 Å². The molecule has 7 nitrogen and oxygen atoms in total. The first-order valence-electron chi connectivity index (χ1n) is 5.44. The summed E-state index contributed by atoms with van der Waals surface area (Å²) in [6.07, 6.45) is 0. The van der Waals surface area contributed by atoms with Crippen molar-refractivity contribution in [2.24, 2.45) is 5.73 Å². The summed E-state index contributed by atoms with van der Waals surface area (Å²) in [5.74, 6) is -2.35. The summed E-state index contributed by atoms with van der Waals surface area (Å²) in [4.78, 5) is 21.7. The van der Waals surface area contributed by atoms with Crippen molar-refractivity contribution in [3.63, 3.8) is 0 Å². The van der Waals surface area contributed by atoms with Crippen molar-refractivity contribution in [3.8, 4) is 0 Å². The minimum Gasteiger partial charge on any atom is -0.478 e. The Kier molecular flexibility index (Phi) is 4.89. The van der Waals surface area contributed by atoms with Gasteiger partial charge in [0.25, 0.3) is 0 Å². The monoisotopic (exact) mass is 354 g/mol. The summed E-state index contributed by atoms with van der Waals surface area (Å²) >= 11 is 11.5. The zero-order chi connectivity index (χ0) is 16.6. The number of carboxylic acids is 1. The Morgan fingerprint density at radius 3 is 2.24 bits per heavy atom. The summed E-state index contributed by atoms with van der Waals surface area (Å²) in [5.41, 5.74) is 3.02. The lowest BCUT2D eigenvalue weighted by molar-refractivity contribution is -0.122. The molecule has 0 saturated carbocycles. The van der Waals surface area contributed by atoms with Crippen LogP contribution in [-0.4, -0.2) is 30.9 Å². The number of nitrogens with two attached hydrogens (primary N) is 1. The summed E-state index contributed by atoms with van der Waals surface area (Å²) in [5, 5.41) is 8.32. The fraction of sp³-hybridized carbons (Fsp3) is 0.273. The Labute approximate surface area is 131 Å². The minimum atomic E-state index is -4.30. The van der Waals surface area contributed by atoms with Crippen LogP contribution in [0.1, 0.15) is 24.2 Å². The van der Waals surface area contributed by atoms with Crippen LogP contribution in [0.3, 0.4) is 0 Å². The Balaban J connectivity index is 3.46. The van der Waals surface area contributed by atoms with Gasteiger partial charge < -0.3 is 10.8 Å². The SMILES string of the molecule is CC(C)(NS(=O)(=O)c1cc(Cl)cc(C(=O)O)c1Cl)C(N)=O. The molecular formula is C11H12Cl2N2O5S.